The van der Waals surface area contributed by atoms with Crippen molar-refractivity contribution in [1.29, 1.82) is 0 Å². The second-order valence-corrected chi connectivity index (χ2v) is 9.15. The smallest absolute Gasteiger partial charge is 0.243 e. The Morgan fingerprint density at radius 2 is 2.00 bits per heavy atom. The van der Waals surface area contributed by atoms with Gasteiger partial charge in [-0.3, -0.25) is 9.69 Å². The first-order valence-corrected chi connectivity index (χ1v) is 11.7. The van der Waals surface area contributed by atoms with Crippen LogP contribution in [0.3, 0.4) is 0 Å². The van der Waals surface area contributed by atoms with E-state index in [0.29, 0.717) is 5.92 Å². The monoisotopic (exact) mass is 413 g/mol. The molecule has 2 saturated heterocycles. The average Bonchev–Trinajstić information content (AvgIpc) is 3.18. The SMILES string of the molecule is CCc1sc(NC(=O)[C@@H]2CCCCN2CC2CCOCC2)nc1-c1ccccc1. The number of likely N-dealkylation sites (tertiary alicyclic amines) is 1. The summed E-state index contributed by atoms with van der Waals surface area (Å²) in [6.07, 6.45) is 6.37. The van der Waals surface area contributed by atoms with Gasteiger partial charge in [-0.15, -0.1) is 11.3 Å². The third-order valence-electron chi connectivity index (χ3n) is 6.05. The van der Waals surface area contributed by atoms with Crippen LogP contribution >= 0.6 is 11.3 Å². The normalized spacial score (nSPS) is 21.2. The number of carbonyl (C=O) groups excluding carboxylic acids is 1. The summed E-state index contributed by atoms with van der Waals surface area (Å²) >= 11 is 1.61. The number of anilines is 1. The number of amides is 1. The summed E-state index contributed by atoms with van der Waals surface area (Å²) in [5.41, 5.74) is 2.11. The van der Waals surface area contributed by atoms with E-state index in [2.05, 4.69) is 29.3 Å². The molecule has 0 saturated carbocycles. The van der Waals surface area contributed by atoms with Gasteiger partial charge < -0.3 is 10.1 Å². The summed E-state index contributed by atoms with van der Waals surface area (Å²) in [5.74, 6) is 0.751. The van der Waals surface area contributed by atoms with Crippen molar-refractivity contribution in [3.63, 3.8) is 0 Å². The first kappa shape index (κ1) is 20.5. The maximum absolute atomic E-state index is 13.2. The van der Waals surface area contributed by atoms with Gasteiger partial charge in [-0.05, 0) is 44.6 Å². The number of carbonyl (C=O) groups is 1. The van der Waals surface area contributed by atoms with Crippen LogP contribution in [0.2, 0.25) is 0 Å². The fourth-order valence-electron chi connectivity index (χ4n) is 4.42. The molecule has 2 aliphatic heterocycles. The highest BCUT2D eigenvalue weighted by Gasteiger charge is 2.31. The lowest BCUT2D eigenvalue weighted by molar-refractivity contribution is -0.122. The molecule has 1 aromatic carbocycles. The molecule has 2 fully saturated rings. The molecule has 3 heterocycles. The Hall–Kier alpha value is -1.76. The molecule has 1 aromatic heterocycles. The fourth-order valence-corrected chi connectivity index (χ4v) is 5.35. The van der Waals surface area contributed by atoms with Crippen molar-refractivity contribution in [2.24, 2.45) is 5.92 Å². The van der Waals surface area contributed by atoms with E-state index in [4.69, 9.17) is 9.72 Å². The van der Waals surface area contributed by atoms with Crippen molar-refractivity contribution < 1.29 is 9.53 Å². The predicted octanol–water partition coefficient (Wildman–Crippen LogP) is 4.59. The summed E-state index contributed by atoms with van der Waals surface area (Å²) in [5, 5.41) is 3.87. The van der Waals surface area contributed by atoms with Crippen LogP contribution in [0.1, 0.15) is 43.9 Å². The third kappa shape index (κ3) is 5.05. The lowest BCUT2D eigenvalue weighted by atomic mass is 9.95. The zero-order chi connectivity index (χ0) is 20.1. The van der Waals surface area contributed by atoms with Gasteiger partial charge in [0.25, 0.3) is 0 Å². The van der Waals surface area contributed by atoms with Crippen LogP contribution in [0.15, 0.2) is 30.3 Å². The van der Waals surface area contributed by atoms with Crippen molar-refractivity contribution in [1.82, 2.24) is 9.88 Å². The molecule has 0 spiro atoms. The van der Waals surface area contributed by atoms with Crippen molar-refractivity contribution in [2.45, 2.75) is 51.5 Å². The summed E-state index contributed by atoms with van der Waals surface area (Å²) in [7, 11) is 0. The second kappa shape index (κ2) is 9.83. The Kier molecular flexibility index (Phi) is 6.95. The molecular formula is C23H31N3O2S. The molecule has 1 amide bonds. The first-order valence-electron chi connectivity index (χ1n) is 10.9. The maximum Gasteiger partial charge on any atom is 0.243 e. The molecule has 0 bridgehead atoms. The van der Waals surface area contributed by atoms with Gasteiger partial charge in [-0.2, -0.15) is 0 Å². The molecule has 2 aromatic rings. The quantitative estimate of drug-likeness (QED) is 0.752. The van der Waals surface area contributed by atoms with E-state index in [1.807, 2.05) is 18.2 Å². The van der Waals surface area contributed by atoms with E-state index in [1.54, 1.807) is 11.3 Å². The molecule has 29 heavy (non-hydrogen) atoms. The van der Waals surface area contributed by atoms with Crippen LogP contribution in [-0.4, -0.2) is 48.1 Å². The Balaban J connectivity index is 1.45. The summed E-state index contributed by atoms with van der Waals surface area (Å²) < 4.78 is 5.50. The largest absolute Gasteiger partial charge is 0.381 e. The highest BCUT2D eigenvalue weighted by molar-refractivity contribution is 7.16. The number of rotatable bonds is 6. The molecule has 2 aliphatic rings. The topological polar surface area (TPSA) is 54.5 Å². The number of ether oxygens (including phenoxy) is 1. The molecule has 0 aliphatic carbocycles. The van der Waals surface area contributed by atoms with Gasteiger partial charge in [-0.1, -0.05) is 43.7 Å². The molecule has 4 rings (SSSR count). The van der Waals surface area contributed by atoms with Crippen LogP contribution in [-0.2, 0) is 16.0 Å². The highest BCUT2D eigenvalue weighted by atomic mass is 32.1. The molecule has 6 heteroatoms. The molecule has 1 atom stereocenters. The van der Waals surface area contributed by atoms with E-state index in [1.165, 1.54) is 11.3 Å². The standard InChI is InChI=1S/C23H31N3O2S/c1-2-20-21(18-8-4-3-5-9-18)24-23(29-20)25-22(27)19-10-6-7-13-26(19)16-17-11-14-28-15-12-17/h3-5,8-9,17,19H,2,6-7,10-16H2,1H3,(H,24,25,27)/t19-/m0/s1. The van der Waals surface area contributed by atoms with Crippen molar-refractivity contribution >= 4 is 22.4 Å². The van der Waals surface area contributed by atoms with Crippen LogP contribution in [0.25, 0.3) is 11.3 Å². The number of piperidine rings is 1. The summed E-state index contributed by atoms with van der Waals surface area (Å²) in [6, 6.07) is 10.2. The fraction of sp³-hybridized carbons (Fsp3) is 0.565. The Morgan fingerprint density at radius 3 is 2.76 bits per heavy atom. The van der Waals surface area contributed by atoms with Gasteiger partial charge in [0.15, 0.2) is 5.13 Å². The van der Waals surface area contributed by atoms with E-state index in [0.717, 1.165) is 74.8 Å². The number of hydrogen-bond donors (Lipinski definition) is 1. The number of aromatic nitrogens is 1. The molecule has 1 N–H and O–H groups in total. The second-order valence-electron chi connectivity index (χ2n) is 8.06. The first-order chi connectivity index (χ1) is 14.2. The predicted molar refractivity (Wildman–Crippen MR) is 118 cm³/mol. The van der Waals surface area contributed by atoms with Crippen molar-refractivity contribution in [3.8, 4) is 11.3 Å². The van der Waals surface area contributed by atoms with Crippen LogP contribution < -0.4 is 5.32 Å². The van der Waals surface area contributed by atoms with Crippen LogP contribution in [0.4, 0.5) is 5.13 Å². The van der Waals surface area contributed by atoms with E-state index in [-0.39, 0.29) is 11.9 Å². The van der Waals surface area contributed by atoms with E-state index >= 15 is 0 Å². The maximum atomic E-state index is 13.2. The van der Waals surface area contributed by atoms with Gasteiger partial charge in [0, 0.05) is 30.2 Å². The number of aryl methyl sites for hydroxylation is 1. The number of hydrogen-bond acceptors (Lipinski definition) is 5. The molecular weight excluding hydrogens is 382 g/mol. The van der Waals surface area contributed by atoms with Crippen molar-refractivity contribution in [2.75, 3.05) is 31.6 Å². The van der Waals surface area contributed by atoms with Crippen LogP contribution in [0, 0.1) is 5.92 Å². The zero-order valence-corrected chi connectivity index (χ0v) is 18.0. The van der Waals surface area contributed by atoms with E-state index in [9.17, 15) is 4.79 Å². The number of nitrogens with zero attached hydrogens (tertiary/aromatic N) is 2. The third-order valence-corrected chi connectivity index (χ3v) is 7.16. The lowest BCUT2D eigenvalue weighted by Gasteiger charge is -2.37. The minimum atomic E-state index is -0.0410. The summed E-state index contributed by atoms with van der Waals surface area (Å²) in [6.45, 7) is 5.88. The molecule has 0 unspecified atom stereocenters. The lowest BCUT2D eigenvalue weighted by Crippen LogP contribution is -2.49. The molecule has 156 valence electrons. The van der Waals surface area contributed by atoms with Gasteiger partial charge in [0.2, 0.25) is 5.91 Å². The molecule has 0 radical (unpaired) electrons. The van der Waals surface area contributed by atoms with E-state index < -0.39 is 0 Å². The van der Waals surface area contributed by atoms with Gasteiger partial charge in [0.05, 0.1) is 11.7 Å². The Labute approximate surface area is 177 Å². The number of thiazole rings is 1. The highest BCUT2D eigenvalue weighted by Crippen LogP contribution is 2.32. The van der Waals surface area contributed by atoms with Gasteiger partial charge in [0.1, 0.15) is 0 Å². The number of benzene rings is 1. The summed E-state index contributed by atoms with van der Waals surface area (Å²) in [4.78, 5) is 21.6. The Morgan fingerprint density at radius 1 is 1.21 bits per heavy atom. The van der Waals surface area contributed by atoms with Gasteiger partial charge in [-0.25, -0.2) is 4.98 Å². The van der Waals surface area contributed by atoms with Crippen molar-refractivity contribution in [3.05, 3.63) is 35.2 Å². The average molecular weight is 414 g/mol. The minimum absolute atomic E-state index is 0.0410. The van der Waals surface area contributed by atoms with Crippen LogP contribution in [0.5, 0.6) is 0 Å². The van der Waals surface area contributed by atoms with Gasteiger partial charge >= 0.3 is 0 Å². The molecule has 5 nitrogen and oxygen atoms in total. The zero-order valence-electron chi connectivity index (χ0n) is 17.2. The minimum Gasteiger partial charge on any atom is -0.381 e. The number of nitrogens with one attached hydrogen (secondary N) is 1. The Bertz CT molecular complexity index is 802.